The number of carbonyl (C=O) groups is 5. The van der Waals surface area contributed by atoms with Crippen LogP contribution in [0.25, 0.3) is 0 Å². The van der Waals surface area contributed by atoms with Crippen LogP contribution in [0, 0.1) is 5.82 Å². The fraction of sp³-hybridized carbons (Fsp3) is 0.293. The largest absolute Gasteiger partial charge is 0.497 e. The fourth-order valence-corrected chi connectivity index (χ4v) is 8.23. The van der Waals surface area contributed by atoms with E-state index in [2.05, 4.69) is 15.3 Å². The predicted octanol–water partition coefficient (Wildman–Crippen LogP) is 6.77. The predicted molar refractivity (Wildman–Crippen MR) is 223 cm³/mol. The fourth-order valence-electron chi connectivity index (χ4n) is 6.63. The number of carboxylic acids is 1. The molecule has 1 fully saturated rings. The smallest absolute Gasteiger partial charge is 0.410 e. The van der Waals surface area contributed by atoms with E-state index in [0.29, 0.717) is 83.5 Å². The molecule has 60 heavy (non-hydrogen) atoms. The number of carboxylic acid groups (broad SMARTS) is 1. The summed E-state index contributed by atoms with van der Waals surface area (Å²) >= 11 is 2.32. The Balaban J connectivity index is 0.000000227. The zero-order valence-corrected chi connectivity index (χ0v) is 34.8. The van der Waals surface area contributed by atoms with Crippen molar-refractivity contribution >= 4 is 74.1 Å². The Morgan fingerprint density at radius 2 is 1.30 bits per heavy atom. The van der Waals surface area contributed by atoms with Gasteiger partial charge in [0.25, 0.3) is 17.7 Å². The summed E-state index contributed by atoms with van der Waals surface area (Å²) < 4.78 is 30.0. The van der Waals surface area contributed by atoms with Crippen LogP contribution < -0.4 is 29.5 Å². The van der Waals surface area contributed by atoms with Crippen molar-refractivity contribution < 1.29 is 47.7 Å². The van der Waals surface area contributed by atoms with Crippen LogP contribution in [0.1, 0.15) is 73.6 Å². The van der Waals surface area contributed by atoms with Crippen LogP contribution in [0.15, 0.2) is 65.4 Å². The van der Waals surface area contributed by atoms with E-state index in [4.69, 9.17) is 19.3 Å². The first kappa shape index (κ1) is 41.6. The third kappa shape index (κ3) is 8.86. The number of halogens is 1. The van der Waals surface area contributed by atoms with Gasteiger partial charge in [0.15, 0.2) is 16.0 Å². The SMILES string of the molecule is COc1ccc2c(c1)C(=O)N(c1nc(C(=O)Nc3cc(F)ccc3N3CCN(C(=O)OC(C)(C)C)CC3)cs1)C2.COc1ccc2c(c1)C(=O)N(c1nc(C(=O)O)cs1)C2. The number of nitrogens with one attached hydrogen (secondary N) is 1. The van der Waals surface area contributed by atoms with E-state index >= 15 is 0 Å². The summed E-state index contributed by atoms with van der Waals surface area (Å²) in [6, 6.07) is 14.8. The second-order valence-electron chi connectivity index (χ2n) is 14.7. The summed E-state index contributed by atoms with van der Waals surface area (Å²) in [5, 5.41) is 15.4. The van der Waals surface area contributed by atoms with E-state index in [1.807, 2.05) is 37.8 Å². The van der Waals surface area contributed by atoms with Crippen LogP contribution >= 0.6 is 22.7 Å². The highest BCUT2D eigenvalue weighted by Crippen LogP contribution is 2.35. The minimum Gasteiger partial charge on any atom is -0.497 e. The van der Waals surface area contributed by atoms with E-state index in [0.717, 1.165) is 22.5 Å². The van der Waals surface area contributed by atoms with Crippen molar-refractivity contribution in [3.8, 4) is 11.5 Å². The van der Waals surface area contributed by atoms with Gasteiger partial charge in [-0.15, -0.1) is 22.7 Å². The minimum absolute atomic E-state index is 0.0497. The lowest BCUT2D eigenvalue weighted by Gasteiger charge is -2.37. The van der Waals surface area contributed by atoms with Gasteiger partial charge >= 0.3 is 12.1 Å². The third-order valence-corrected chi connectivity index (χ3v) is 11.3. The van der Waals surface area contributed by atoms with Crippen molar-refractivity contribution in [1.82, 2.24) is 14.9 Å². The van der Waals surface area contributed by atoms with Gasteiger partial charge in [-0.3, -0.25) is 24.2 Å². The highest BCUT2D eigenvalue weighted by molar-refractivity contribution is 7.14. The van der Waals surface area contributed by atoms with Crippen LogP contribution in [-0.2, 0) is 17.8 Å². The molecule has 3 aromatic carbocycles. The van der Waals surface area contributed by atoms with Gasteiger partial charge in [-0.2, -0.15) is 0 Å². The molecule has 19 heteroatoms. The van der Waals surface area contributed by atoms with Gasteiger partial charge in [-0.05, 0) is 74.4 Å². The van der Waals surface area contributed by atoms with Crippen LogP contribution in [0.2, 0.25) is 0 Å². The van der Waals surface area contributed by atoms with Crippen molar-refractivity contribution in [2.24, 2.45) is 0 Å². The van der Waals surface area contributed by atoms with Gasteiger partial charge in [0.05, 0.1) is 38.7 Å². The second-order valence-corrected chi connectivity index (χ2v) is 16.4. The monoisotopic (exact) mass is 857 g/mol. The number of methoxy groups -OCH3 is 2. The Labute approximate surface area is 351 Å². The van der Waals surface area contributed by atoms with Crippen LogP contribution in [0.4, 0.5) is 30.8 Å². The van der Waals surface area contributed by atoms with Crippen molar-refractivity contribution in [2.45, 2.75) is 39.5 Å². The number of rotatable bonds is 8. The van der Waals surface area contributed by atoms with Gasteiger partial charge in [-0.25, -0.2) is 23.9 Å². The number of thiazole rings is 2. The van der Waals surface area contributed by atoms with Crippen molar-refractivity contribution in [3.63, 3.8) is 0 Å². The highest BCUT2D eigenvalue weighted by Gasteiger charge is 2.33. The van der Waals surface area contributed by atoms with Crippen molar-refractivity contribution in [2.75, 3.05) is 60.4 Å². The lowest BCUT2D eigenvalue weighted by atomic mass is 10.1. The number of carbonyl (C=O) groups excluding carboxylic acids is 4. The molecule has 0 saturated carbocycles. The lowest BCUT2D eigenvalue weighted by Crippen LogP contribution is -2.50. The molecule has 312 valence electrons. The number of amides is 4. The molecule has 0 atom stereocenters. The maximum absolute atomic E-state index is 14.2. The number of benzene rings is 3. The molecule has 2 aromatic heterocycles. The number of nitrogens with zero attached hydrogens (tertiary/aromatic N) is 6. The number of ether oxygens (including phenoxy) is 3. The Kier molecular flexibility index (Phi) is 11.7. The number of hydrogen-bond acceptors (Lipinski definition) is 13. The Morgan fingerprint density at radius 3 is 1.80 bits per heavy atom. The highest BCUT2D eigenvalue weighted by atomic mass is 32.1. The number of piperazine rings is 1. The van der Waals surface area contributed by atoms with E-state index < -0.39 is 23.3 Å². The molecule has 8 rings (SSSR count). The zero-order chi connectivity index (χ0) is 42.9. The Bertz CT molecular complexity index is 2490. The molecule has 16 nitrogen and oxygen atoms in total. The van der Waals surface area contributed by atoms with Gasteiger partial charge in [0, 0.05) is 48.1 Å². The summed E-state index contributed by atoms with van der Waals surface area (Å²) in [5.74, 6) is -1.32. The second kappa shape index (κ2) is 16.9. The van der Waals surface area contributed by atoms with Crippen LogP contribution in [0.3, 0.4) is 0 Å². The normalized spacial score (nSPS) is 14.6. The van der Waals surface area contributed by atoms with Crippen molar-refractivity contribution in [3.05, 3.63) is 105 Å². The lowest BCUT2D eigenvalue weighted by molar-refractivity contribution is 0.0240. The molecule has 0 aliphatic carbocycles. The topological polar surface area (TPSA) is 184 Å². The quantitative estimate of drug-likeness (QED) is 0.167. The molecule has 4 amide bonds. The first-order valence-electron chi connectivity index (χ1n) is 18.6. The molecule has 5 heterocycles. The third-order valence-electron chi connectivity index (χ3n) is 9.62. The van der Waals surface area contributed by atoms with Gasteiger partial charge in [0.1, 0.15) is 28.6 Å². The number of anilines is 4. The molecule has 5 aromatic rings. The number of hydrogen-bond donors (Lipinski definition) is 2. The Hall–Kier alpha value is -6.60. The molecular weight excluding hydrogens is 818 g/mol. The minimum atomic E-state index is -1.10. The van der Waals surface area contributed by atoms with Gasteiger partial charge in [-0.1, -0.05) is 12.1 Å². The van der Waals surface area contributed by atoms with Gasteiger partial charge < -0.3 is 34.4 Å². The van der Waals surface area contributed by atoms with E-state index in [1.165, 1.54) is 38.6 Å². The first-order chi connectivity index (χ1) is 28.6. The molecule has 2 N–H and O–H groups in total. The van der Waals surface area contributed by atoms with Gasteiger partial charge in [0.2, 0.25) is 0 Å². The van der Waals surface area contributed by atoms with E-state index in [-0.39, 0.29) is 29.3 Å². The number of aromatic carboxylic acids is 1. The molecule has 3 aliphatic heterocycles. The summed E-state index contributed by atoms with van der Waals surface area (Å²) in [5.41, 5.74) is 3.24. The molecule has 0 unspecified atom stereocenters. The molecule has 0 bridgehead atoms. The summed E-state index contributed by atoms with van der Waals surface area (Å²) in [7, 11) is 3.08. The number of fused-ring (bicyclic) bond motifs is 2. The molecule has 3 aliphatic rings. The Morgan fingerprint density at radius 1 is 0.767 bits per heavy atom. The summed E-state index contributed by atoms with van der Waals surface area (Å²) in [4.78, 5) is 76.7. The molecule has 0 radical (unpaired) electrons. The number of aromatic nitrogens is 2. The molecular formula is C41H40FN7O9S2. The zero-order valence-electron chi connectivity index (χ0n) is 33.2. The summed E-state index contributed by atoms with van der Waals surface area (Å²) in [6.45, 7) is 8.01. The molecule has 1 saturated heterocycles. The summed E-state index contributed by atoms with van der Waals surface area (Å²) in [6.07, 6.45) is -0.377. The maximum atomic E-state index is 14.2. The molecule has 0 spiro atoms. The van der Waals surface area contributed by atoms with Crippen LogP contribution in [0.5, 0.6) is 11.5 Å². The standard InChI is InChI=1S/C28H30FN5O5S.C13H10N2O4S/c1-28(2,3)39-27(37)33-11-9-32(10-12-33)23-8-6-18(29)13-21(23)30-24(35)22-16-40-26(31-22)34-15-17-5-7-19(38-4)14-20(17)25(34)36;1-19-8-3-2-7-5-15(11(16)9(7)4-8)13-14-10(6-20-13)12(17)18/h5-8,13-14,16H,9-12,15H2,1-4H3,(H,30,35);2-4,6H,5H2,1H3,(H,17,18). The van der Waals surface area contributed by atoms with E-state index in [9.17, 15) is 28.4 Å². The maximum Gasteiger partial charge on any atom is 0.410 e. The van der Waals surface area contributed by atoms with Crippen molar-refractivity contribution in [1.29, 1.82) is 0 Å². The van der Waals surface area contributed by atoms with E-state index in [1.54, 1.807) is 54.8 Å². The first-order valence-corrected chi connectivity index (χ1v) is 20.3. The average Bonchev–Trinajstić information content (AvgIpc) is 4.04. The average molecular weight is 858 g/mol. The van der Waals surface area contributed by atoms with Crippen LogP contribution in [-0.4, -0.2) is 95.8 Å².